The molecule has 0 spiro atoms. The summed E-state index contributed by atoms with van der Waals surface area (Å²) in [6, 6.07) is 9.34. The number of fused-ring (bicyclic) bond motifs is 5. The summed E-state index contributed by atoms with van der Waals surface area (Å²) in [5.74, 6) is -0.601. The van der Waals surface area contributed by atoms with Crippen molar-refractivity contribution in [3.8, 4) is 17.0 Å². The summed E-state index contributed by atoms with van der Waals surface area (Å²) in [7, 11) is 0. The SMILES string of the molecule is NSc1ccc2[nH]c3c(c2c1)CC(=O)Nc1ccc(OC(F)(F)F)cc1-3. The molecule has 0 saturated heterocycles. The highest BCUT2D eigenvalue weighted by Gasteiger charge is 2.32. The highest BCUT2D eigenvalue weighted by molar-refractivity contribution is 7.97. The first-order valence-electron chi connectivity index (χ1n) is 7.55. The number of hydrogen-bond donors (Lipinski definition) is 3. The van der Waals surface area contributed by atoms with E-state index in [-0.39, 0.29) is 18.1 Å². The van der Waals surface area contributed by atoms with Crippen LogP contribution < -0.4 is 15.2 Å². The van der Waals surface area contributed by atoms with Crippen LogP contribution in [0.5, 0.6) is 5.75 Å². The number of halogens is 3. The highest BCUT2D eigenvalue weighted by atomic mass is 32.2. The molecule has 0 aliphatic carbocycles. The number of hydrogen-bond acceptors (Lipinski definition) is 4. The number of nitrogens with two attached hydrogens (primary N) is 1. The third-order valence-electron chi connectivity index (χ3n) is 4.12. The summed E-state index contributed by atoms with van der Waals surface area (Å²) in [5.41, 5.74) is 2.92. The molecule has 5 nitrogen and oxygen atoms in total. The van der Waals surface area contributed by atoms with Crippen LogP contribution in [0.15, 0.2) is 41.3 Å². The minimum absolute atomic E-state index is 0.0954. The molecule has 0 atom stereocenters. The number of anilines is 1. The van der Waals surface area contributed by atoms with E-state index < -0.39 is 6.36 Å². The van der Waals surface area contributed by atoms with Crippen molar-refractivity contribution >= 4 is 34.4 Å². The van der Waals surface area contributed by atoms with E-state index in [1.54, 1.807) is 0 Å². The Morgan fingerprint density at radius 1 is 1.15 bits per heavy atom. The monoisotopic (exact) mass is 379 g/mol. The molecular weight excluding hydrogens is 367 g/mol. The van der Waals surface area contributed by atoms with Crippen LogP contribution in [0.1, 0.15) is 5.56 Å². The number of nitrogens with one attached hydrogen (secondary N) is 2. The van der Waals surface area contributed by atoms with Crippen LogP contribution >= 0.6 is 11.9 Å². The predicted octanol–water partition coefficient (Wildman–Crippen LogP) is 4.19. The van der Waals surface area contributed by atoms with Gasteiger partial charge in [0.15, 0.2) is 0 Å². The van der Waals surface area contributed by atoms with Crippen molar-refractivity contribution in [3.63, 3.8) is 0 Å². The molecule has 2 aromatic carbocycles. The predicted molar refractivity (Wildman–Crippen MR) is 92.8 cm³/mol. The lowest BCUT2D eigenvalue weighted by atomic mass is 10.0. The first kappa shape index (κ1) is 16.8. The Morgan fingerprint density at radius 3 is 2.69 bits per heavy atom. The Kier molecular flexibility index (Phi) is 3.85. The van der Waals surface area contributed by atoms with Crippen LogP contribution in [0, 0.1) is 0 Å². The highest BCUT2D eigenvalue weighted by Crippen LogP contribution is 2.40. The maximum Gasteiger partial charge on any atom is 0.573 e. The Bertz CT molecular complexity index is 1030. The molecule has 1 aliphatic rings. The second-order valence-electron chi connectivity index (χ2n) is 5.78. The van der Waals surface area contributed by atoms with Gasteiger partial charge < -0.3 is 15.0 Å². The minimum Gasteiger partial charge on any atom is -0.406 e. The van der Waals surface area contributed by atoms with E-state index in [0.717, 1.165) is 27.7 Å². The van der Waals surface area contributed by atoms with Gasteiger partial charge in [-0.15, -0.1) is 13.2 Å². The summed E-state index contributed by atoms with van der Waals surface area (Å²) in [6.07, 6.45) is -4.70. The van der Waals surface area contributed by atoms with Crippen molar-refractivity contribution < 1.29 is 22.7 Å². The molecule has 0 saturated carbocycles. The van der Waals surface area contributed by atoms with Crippen molar-refractivity contribution in [2.45, 2.75) is 17.7 Å². The Morgan fingerprint density at radius 2 is 1.96 bits per heavy atom. The Balaban J connectivity index is 1.93. The van der Waals surface area contributed by atoms with E-state index in [2.05, 4.69) is 15.0 Å². The summed E-state index contributed by atoms with van der Waals surface area (Å²) in [6.45, 7) is 0. The second-order valence-corrected chi connectivity index (χ2v) is 6.49. The lowest BCUT2D eigenvalue weighted by Gasteiger charge is -2.12. The molecule has 0 unspecified atom stereocenters. The zero-order valence-corrected chi connectivity index (χ0v) is 13.9. The second kappa shape index (κ2) is 5.96. The number of amides is 1. The van der Waals surface area contributed by atoms with Crippen LogP contribution in [0.4, 0.5) is 18.9 Å². The van der Waals surface area contributed by atoms with Crippen molar-refractivity contribution in [2.24, 2.45) is 5.14 Å². The molecule has 3 aromatic rings. The molecule has 4 N–H and O–H groups in total. The fourth-order valence-electron chi connectivity index (χ4n) is 3.10. The fraction of sp³-hybridized carbons (Fsp3) is 0.118. The first-order chi connectivity index (χ1) is 12.3. The minimum atomic E-state index is -4.79. The Hall–Kier alpha value is -2.65. The van der Waals surface area contributed by atoms with Crippen molar-refractivity contribution in [1.29, 1.82) is 0 Å². The topological polar surface area (TPSA) is 80.1 Å². The van der Waals surface area contributed by atoms with Gasteiger partial charge in [0.05, 0.1) is 17.8 Å². The average molecular weight is 379 g/mol. The lowest BCUT2D eigenvalue weighted by Crippen LogP contribution is -2.17. The van der Waals surface area contributed by atoms with Gasteiger partial charge in [-0.1, -0.05) is 0 Å². The van der Waals surface area contributed by atoms with Gasteiger partial charge in [-0.25, -0.2) is 0 Å². The number of rotatable bonds is 2. The zero-order chi connectivity index (χ0) is 18.5. The molecule has 134 valence electrons. The number of aromatic amines is 1. The van der Waals surface area contributed by atoms with Crippen molar-refractivity contribution in [1.82, 2.24) is 4.98 Å². The summed E-state index contributed by atoms with van der Waals surface area (Å²) in [5, 5.41) is 9.12. The van der Waals surface area contributed by atoms with Gasteiger partial charge >= 0.3 is 6.36 Å². The Labute approximate surface area is 149 Å². The van der Waals surface area contributed by atoms with E-state index in [0.29, 0.717) is 22.5 Å². The van der Waals surface area contributed by atoms with E-state index in [9.17, 15) is 18.0 Å². The van der Waals surface area contributed by atoms with Crippen LogP contribution in [-0.4, -0.2) is 17.3 Å². The maximum atomic E-state index is 12.5. The van der Waals surface area contributed by atoms with Gasteiger partial charge in [0, 0.05) is 21.4 Å². The van der Waals surface area contributed by atoms with Crippen molar-refractivity contribution in [2.75, 3.05) is 5.32 Å². The standard InChI is InChI=1S/C17H12F3N3O2S/c18-17(19,20)25-8-1-3-14-12(5-8)16-11(7-15(24)22-14)10-6-9(26-21)2-4-13(10)23-16/h1-6,23H,7,21H2,(H,22,24). The maximum absolute atomic E-state index is 12.5. The van der Waals surface area contributed by atoms with E-state index in [1.807, 2.05) is 18.2 Å². The van der Waals surface area contributed by atoms with Crippen LogP contribution in [0.3, 0.4) is 0 Å². The molecule has 4 rings (SSSR count). The first-order valence-corrected chi connectivity index (χ1v) is 8.43. The summed E-state index contributed by atoms with van der Waals surface area (Å²) >= 11 is 1.08. The van der Waals surface area contributed by atoms with Gasteiger partial charge in [-0.3, -0.25) is 9.93 Å². The number of H-pyrrole nitrogens is 1. The molecule has 1 amide bonds. The third kappa shape index (κ3) is 2.99. The summed E-state index contributed by atoms with van der Waals surface area (Å²) in [4.78, 5) is 16.3. The number of carbonyl (C=O) groups excluding carboxylic acids is 1. The number of aromatic nitrogens is 1. The van der Waals surface area contributed by atoms with E-state index >= 15 is 0 Å². The lowest BCUT2D eigenvalue weighted by molar-refractivity contribution is -0.274. The molecule has 26 heavy (non-hydrogen) atoms. The molecular formula is C17H12F3N3O2S. The molecule has 0 radical (unpaired) electrons. The van der Waals surface area contributed by atoms with Gasteiger partial charge in [0.25, 0.3) is 0 Å². The molecule has 2 heterocycles. The molecule has 1 aromatic heterocycles. The van der Waals surface area contributed by atoms with Gasteiger partial charge in [-0.2, -0.15) is 0 Å². The quantitative estimate of drug-likeness (QED) is 0.583. The zero-order valence-electron chi connectivity index (χ0n) is 13.1. The normalized spacial score (nSPS) is 13.8. The fourth-order valence-corrected chi connectivity index (χ4v) is 3.44. The van der Waals surface area contributed by atoms with Crippen molar-refractivity contribution in [3.05, 3.63) is 42.0 Å². The third-order valence-corrected chi connectivity index (χ3v) is 4.65. The largest absolute Gasteiger partial charge is 0.573 e. The smallest absolute Gasteiger partial charge is 0.406 e. The number of alkyl halides is 3. The van der Waals surface area contributed by atoms with Gasteiger partial charge in [0.2, 0.25) is 5.91 Å². The summed E-state index contributed by atoms with van der Waals surface area (Å²) < 4.78 is 41.7. The van der Waals surface area contributed by atoms with Crippen LogP contribution in [-0.2, 0) is 11.2 Å². The van der Waals surface area contributed by atoms with E-state index in [1.165, 1.54) is 18.2 Å². The van der Waals surface area contributed by atoms with E-state index in [4.69, 9.17) is 5.14 Å². The van der Waals surface area contributed by atoms with Crippen LogP contribution in [0.25, 0.3) is 22.2 Å². The number of benzene rings is 2. The van der Waals surface area contributed by atoms with Gasteiger partial charge in [0.1, 0.15) is 5.75 Å². The van der Waals surface area contributed by atoms with Gasteiger partial charge in [-0.05, 0) is 53.9 Å². The number of carbonyl (C=O) groups is 1. The molecule has 1 aliphatic heterocycles. The molecule has 0 fully saturated rings. The molecule has 9 heteroatoms. The average Bonchev–Trinajstić information content (AvgIpc) is 2.85. The molecule has 0 bridgehead atoms. The number of ether oxygens (including phenoxy) is 1. The van der Waals surface area contributed by atoms with Crippen LogP contribution in [0.2, 0.25) is 0 Å².